The number of amides is 1. The fourth-order valence-electron chi connectivity index (χ4n) is 2.70. The van der Waals surface area contributed by atoms with Crippen molar-refractivity contribution in [1.29, 1.82) is 0 Å². The molecule has 2 rings (SSSR count). The van der Waals surface area contributed by atoms with Gasteiger partial charge in [-0.2, -0.15) is 26.3 Å². The summed E-state index contributed by atoms with van der Waals surface area (Å²) in [7, 11) is 0. The van der Waals surface area contributed by atoms with E-state index in [2.05, 4.69) is 5.32 Å². The second kappa shape index (κ2) is 8.67. The van der Waals surface area contributed by atoms with Gasteiger partial charge in [-0.05, 0) is 40.6 Å². The highest BCUT2D eigenvalue weighted by Crippen LogP contribution is 2.54. The van der Waals surface area contributed by atoms with Crippen molar-refractivity contribution in [2.45, 2.75) is 24.9 Å². The molecule has 2 nitrogen and oxygen atoms in total. The predicted molar refractivity (Wildman–Crippen MR) is 109 cm³/mol. The van der Waals surface area contributed by atoms with E-state index in [4.69, 9.17) is 34.8 Å². The van der Waals surface area contributed by atoms with Crippen molar-refractivity contribution in [3.63, 3.8) is 0 Å². The Hall–Kier alpha value is -0.720. The Bertz CT molecular complexity index is 890. The molecular formula is C17H10Cl3F7INO. The fourth-order valence-corrected chi connectivity index (χ4v) is 4.23. The zero-order valence-corrected chi connectivity index (χ0v) is 19.0. The molecule has 1 aliphatic rings. The molecule has 0 spiro atoms. The first-order valence-electron chi connectivity index (χ1n) is 7.88. The third-order valence-corrected chi connectivity index (χ3v) is 6.49. The smallest absolute Gasteiger partial charge is 0.323 e. The van der Waals surface area contributed by atoms with Crippen LogP contribution in [0.2, 0.25) is 10.0 Å². The molecule has 0 aromatic heterocycles. The maximum absolute atomic E-state index is 14.2. The number of hydrogen-bond acceptors (Lipinski definition) is 1. The van der Waals surface area contributed by atoms with Gasteiger partial charge in [0.15, 0.2) is 0 Å². The van der Waals surface area contributed by atoms with Crippen LogP contribution in [0.4, 0.5) is 36.4 Å². The molecule has 1 aromatic rings. The zero-order valence-electron chi connectivity index (χ0n) is 14.5. The number of allylic oxidation sites excluding steroid dienone is 3. The molecule has 166 valence electrons. The van der Waals surface area contributed by atoms with Crippen molar-refractivity contribution in [1.82, 2.24) is 0 Å². The fraction of sp³-hybridized carbons (Fsp3) is 0.353. The Labute approximate surface area is 194 Å². The Morgan fingerprint density at radius 3 is 1.87 bits per heavy atom. The van der Waals surface area contributed by atoms with E-state index in [1.807, 2.05) is 22.6 Å². The van der Waals surface area contributed by atoms with E-state index in [0.29, 0.717) is 8.61 Å². The minimum absolute atomic E-state index is 0.125. The van der Waals surface area contributed by atoms with E-state index >= 15 is 0 Å². The summed E-state index contributed by atoms with van der Waals surface area (Å²) in [6.07, 6.45) is -9.53. The van der Waals surface area contributed by atoms with E-state index in [-0.39, 0.29) is 18.1 Å². The summed E-state index contributed by atoms with van der Waals surface area (Å²) in [6.45, 7) is 1.69. The first-order valence-corrected chi connectivity index (χ1v) is 10.1. The molecule has 1 amide bonds. The number of carbonyl (C=O) groups is 1. The highest BCUT2D eigenvalue weighted by molar-refractivity contribution is 14.1. The molecule has 0 heterocycles. The monoisotopic (exact) mass is 609 g/mol. The van der Waals surface area contributed by atoms with Crippen molar-refractivity contribution in [2.24, 2.45) is 11.8 Å². The van der Waals surface area contributed by atoms with Crippen LogP contribution in [0.15, 0.2) is 32.9 Å². The van der Waals surface area contributed by atoms with Crippen molar-refractivity contribution >= 4 is 69.0 Å². The van der Waals surface area contributed by atoms with Crippen LogP contribution in [0, 0.1) is 11.8 Å². The molecule has 1 aliphatic carbocycles. The average Bonchev–Trinajstić information content (AvgIpc) is 2.58. The van der Waals surface area contributed by atoms with Crippen LogP contribution in [0.25, 0.3) is 0 Å². The van der Waals surface area contributed by atoms with E-state index in [1.165, 1.54) is 6.08 Å². The molecule has 2 atom stereocenters. The van der Waals surface area contributed by atoms with Crippen LogP contribution < -0.4 is 5.32 Å². The van der Waals surface area contributed by atoms with Crippen molar-refractivity contribution < 1.29 is 35.5 Å². The number of benzene rings is 1. The predicted octanol–water partition coefficient (Wildman–Crippen LogP) is 7.93. The highest BCUT2D eigenvalue weighted by atomic mass is 127. The van der Waals surface area contributed by atoms with Crippen LogP contribution in [0.3, 0.4) is 0 Å². The summed E-state index contributed by atoms with van der Waals surface area (Å²) in [5, 5.41) is 0.936. The maximum Gasteiger partial charge on any atom is 0.435 e. The Kier molecular flexibility index (Phi) is 7.38. The van der Waals surface area contributed by atoms with Gasteiger partial charge in [0.1, 0.15) is 0 Å². The molecule has 0 bridgehead atoms. The Morgan fingerprint density at radius 2 is 1.43 bits per heavy atom. The van der Waals surface area contributed by atoms with Gasteiger partial charge in [-0.3, -0.25) is 4.79 Å². The summed E-state index contributed by atoms with van der Waals surface area (Å²) in [5.74, 6) is -1.85. The molecule has 0 aliphatic heterocycles. The first-order chi connectivity index (χ1) is 13.5. The summed E-state index contributed by atoms with van der Waals surface area (Å²) in [4.78, 5) is 12.5. The number of rotatable bonds is 3. The lowest BCUT2D eigenvalue weighted by atomic mass is 9.89. The lowest BCUT2D eigenvalue weighted by molar-refractivity contribution is -0.348. The number of anilines is 1. The summed E-state index contributed by atoms with van der Waals surface area (Å²) in [5.41, 5.74) is -8.02. The van der Waals surface area contributed by atoms with E-state index in [9.17, 15) is 35.5 Å². The zero-order chi connectivity index (χ0) is 23.2. The van der Waals surface area contributed by atoms with Crippen LogP contribution in [0.5, 0.6) is 0 Å². The largest absolute Gasteiger partial charge is 0.435 e. The Balaban J connectivity index is 2.44. The second-order valence-electron chi connectivity index (χ2n) is 6.37. The molecular weight excluding hydrogens is 600 g/mol. The third kappa shape index (κ3) is 4.71. The molecule has 13 heteroatoms. The molecule has 30 heavy (non-hydrogen) atoms. The number of carbonyl (C=O) groups excluding carboxylic acids is 1. The standard InChI is InChI=1S/C17H10Cl3F7INO/c1-6-2-12(28)9(18)5-8(6)14(30)29-13-10(19)3-7(4-11(13)20)15(21,16(22,23)24)17(25,26)27/h2-6,8H,1H3,(H,29,30)/t6-,8?/m1/s1. The maximum atomic E-state index is 14.2. The average molecular weight is 611 g/mol. The van der Waals surface area contributed by atoms with Gasteiger partial charge in [-0.15, -0.1) is 0 Å². The summed E-state index contributed by atoms with van der Waals surface area (Å²) < 4.78 is 92.6. The summed E-state index contributed by atoms with van der Waals surface area (Å²) >= 11 is 19.5. The number of nitrogens with one attached hydrogen (secondary N) is 1. The van der Waals surface area contributed by atoms with Gasteiger partial charge in [0.2, 0.25) is 5.91 Å². The van der Waals surface area contributed by atoms with E-state index < -0.39 is 51.1 Å². The Morgan fingerprint density at radius 1 is 0.967 bits per heavy atom. The molecule has 0 radical (unpaired) electrons. The van der Waals surface area contributed by atoms with Crippen LogP contribution in [0.1, 0.15) is 12.5 Å². The SMILES string of the molecule is C[C@@H]1C=C(I)C(Cl)=CC1C(=O)Nc1c(Cl)cc(C(F)(C(F)(F)F)C(F)(F)F)cc1Cl. The van der Waals surface area contributed by atoms with Crippen molar-refractivity contribution in [3.05, 3.63) is 48.5 Å². The van der Waals surface area contributed by atoms with Gasteiger partial charge in [0.05, 0.1) is 26.7 Å². The van der Waals surface area contributed by atoms with Crippen LogP contribution in [-0.4, -0.2) is 18.3 Å². The van der Waals surface area contributed by atoms with Gasteiger partial charge < -0.3 is 5.32 Å². The molecule has 1 unspecified atom stereocenters. The number of halogens is 11. The number of alkyl halides is 7. The van der Waals surface area contributed by atoms with Crippen LogP contribution >= 0.6 is 57.4 Å². The first kappa shape index (κ1) is 25.5. The normalized spacial score (nSPS) is 20.5. The van der Waals surface area contributed by atoms with E-state index in [1.54, 1.807) is 13.0 Å². The topological polar surface area (TPSA) is 29.1 Å². The van der Waals surface area contributed by atoms with Crippen molar-refractivity contribution in [3.8, 4) is 0 Å². The van der Waals surface area contributed by atoms with Gasteiger partial charge in [0.25, 0.3) is 0 Å². The second-order valence-corrected chi connectivity index (χ2v) is 8.76. The quantitative estimate of drug-likeness (QED) is 0.274. The van der Waals surface area contributed by atoms with Crippen molar-refractivity contribution in [2.75, 3.05) is 5.32 Å². The number of hydrogen-bond donors (Lipinski definition) is 1. The minimum Gasteiger partial charge on any atom is -0.323 e. The summed E-state index contributed by atoms with van der Waals surface area (Å²) in [6, 6.07) is 0.250. The highest BCUT2D eigenvalue weighted by Gasteiger charge is 2.73. The third-order valence-electron chi connectivity index (χ3n) is 4.30. The molecule has 1 N–H and O–H groups in total. The molecule has 0 saturated carbocycles. The lowest BCUT2D eigenvalue weighted by Crippen LogP contribution is -2.50. The van der Waals surface area contributed by atoms with Gasteiger partial charge in [0, 0.05) is 9.14 Å². The molecule has 0 saturated heterocycles. The van der Waals surface area contributed by atoms with Gasteiger partial charge in [-0.25, -0.2) is 4.39 Å². The minimum atomic E-state index is -6.33. The molecule has 0 fully saturated rings. The van der Waals surface area contributed by atoms with E-state index in [0.717, 1.165) is 0 Å². The molecule has 1 aromatic carbocycles. The van der Waals surface area contributed by atoms with Gasteiger partial charge in [-0.1, -0.05) is 53.9 Å². The van der Waals surface area contributed by atoms with Gasteiger partial charge >= 0.3 is 18.0 Å². The van der Waals surface area contributed by atoms with Crippen LogP contribution in [-0.2, 0) is 10.5 Å². The lowest BCUT2D eigenvalue weighted by Gasteiger charge is -2.31.